The van der Waals surface area contributed by atoms with Crippen LogP contribution in [0.1, 0.15) is 20.8 Å². The fourth-order valence-electron chi connectivity index (χ4n) is 4.20. The molecule has 0 radical (unpaired) electrons. The zero-order valence-electron chi connectivity index (χ0n) is 20.1. The smallest absolute Gasteiger partial charge is 0.229 e. The molecule has 6 aromatic rings. The van der Waals surface area contributed by atoms with Crippen LogP contribution in [0.3, 0.4) is 0 Å². The minimum Gasteiger partial charge on any atom is -0.353 e. The number of thiophene rings is 1. The predicted molar refractivity (Wildman–Crippen MR) is 146 cm³/mol. The summed E-state index contributed by atoms with van der Waals surface area (Å²) in [6, 6.07) is 14.5. The Morgan fingerprint density at radius 1 is 0.972 bits per heavy atom. The summed E-state index contributed by atoms with van der Waals surface area (Å²) in [5, 5.41) is 16.9. The monoisotopic (exact) mass is 492 g/mol. The first-order valence-electron chi connectivity index (χ1n) is 11.6. The van der Waals surface area contributed by atoms with Crippen molar-refractivity contribution in [2.75, 3.05) is 5.32 Å². The molecule has 36 heavy (non-hydrogen) atoms. The van der Waals surface area contributed by atoms with E-state index in [9.17, 15) is 4.79 Å². The van der Waals surface area contributed by atoms with Crippen LogP contribution in [0.2, 0.25) is 0 Å². The third-order valence-electron chi connectivity index (χ3n) is 6.18. The second kappa shape index (κ2) is 8.42. The van der Waals surface area contributed by atoms with Gasteiger partial charge in [0.15, 0.2) is 5.65 Å². The molecule has 1 aromatic carbocycles. The molecule has 6 rings (SSSR count). The van der Waals surface area contributed by atoms with Crippen molar-refractivity contribution < 1.29 is 4.79 Å². The molecule has 0 aliphatic rings. The molecule has 1 amide bonds. The Kier molecular flexibility index (Phi) is 5.19. The number of aromatic nitrogens is 5. The summed E-state index contributed by atoms with van der Waals surface area (Å²) in [7, 11) is 0. The third kappa shape index (κ3) is 3.95. The molecule has 7 nitrogen and oxygen atoms in total. The summed E-state index contributed by atoms with van der Waals surface area (Å²) in [6.45, 7) is 5.64. The molecule has 5 heterocycles. The van der Waals surface area contributed by atoms with Crippen LogP contribution < -0.4 is 5.32 Å². The van der Waals surface area contributed by atoms with Crippen LogP contribution in [0.5, 0.6) is 0 Å². The number of nitrogens with zero attached hydrogens (tertiary/aromatic N) is 3. The van der Waals surface area contributed by atoms with E-state index in [1.54, 1.807) is 29.9 Å². The molecule has 3 N–H and O–H groups in total. The molecule has 178 valence electrons. The first-order valence-corrected chi connectivity index (χ1v) is 12.6. The molecular formula is C28H24N6OS. The number of H-pyrrole nitrogens is 2. The molecule has 0 fully saturated rings. The van der Waals surface area contributed by atoms with Crippen LogP contribution in [0.25, 0.3) is 55.6 Å². The zero-order chi connectivity index (χ0) is 24.9. The Bertz CT molecular complexity index is 1720. The first kappa shape index (κ1) is 22.2. The molecule has 0 saturated carbocycles. The lowest BCUT2D eigenvalue weighted by molar-refractivity contribution is -0.123. The first-order chi connectivity index (χ1) is 17.4. The molecule has 0 saturated heterocycles. The maximum absolute atomic E-state index is 12.4. The van der Waals surface area contributed by atoms with Crippen molar-refractivity contribution in [3.63, 3.8) is 0 Å². The quantitative estimate of drug-likeness (QED) is 0.250. The van der Waals surface area contributed by atoms with E-state index in [0.717, 1.165) is 38.8 Å². The number of fused-ring (bicyclic) bond motifs is 2. The van der Waals surface area contributed by atoms with Crippen molar-refractivity contribution in [2.45, 2.75) is 20.8 Å². The zero-order valence-corrected chi connectivity index (χ0v) is 20.9. The molecule has 0 atom stereocenters. The Labute approximate surface area is 211 Å². The highest BCUT2D eigenvalue weighted by molar-refractivity contribution is 7.08. The van der Waals surface area contributed by atoms with E-state index in [4.69, 9.17) is 0 Å². The van der Waals surface area contributed by atoms with Crippen molar-refractivity contribution in [2.24, 2.45) is 5.41 Å². The molecule has 0 spiro atoms. The molecule has 0 aliphatic heterocycles. The Hall–Kier alpha value is -4.30. The number of anilines is 1. The molecular weight excluding hydrogens is 468 g/mol. The van der Waals surface area contributed by atoms with Gasteiger partial charge in [-0.15, -0.1) is 0 Å². The van der Waals surface area contributed by atoms with E-state index < -0.39 is 5.41 Å². The second-order valence-corrected chi connectivity index (χ2v) is 10.6. The second-order valence-electron chi connectivity index (χ2n) is 9.82. The minimum atomic E-state index is -0.495. The van der Waals surface area contributed by atoms with Crippen molar-refractivity contribution in [3.05, 3.63) is 71.8 Å². The fraction of sp³-hybridized carbons (Fsp3) is 0.143. The van der Waals surface area contributed by atoms with Gasteiger partial charge in [0.25, 0.3) is 0 Å². The normalized spacial score (nSPS) is 11.9. The lowest BCUT2D eigenvalue weighted by Crippen LogP contribution is -2.27. The van der Waals surface area contributed by atoms with Gasteiger partial charge in [0.1, 0.15) is 5.69 Å². The predicted octanol–water partition coefficient (Wildman–Crippen LogP) is 6.88. The highest BCUT2D eigenvalue weighted by Gasteiger charge is 2.21. The summed E-state index contributed by atoms with van der Waals surface area (Å²) >= 11 is 1.69. The minimum absolute atomic E-state index is 0.0622. The van der Waals surface area contributed by atoms with Crippen LogP contribution in [0, 0.1) is 5.41 Å². The summed E-state index contributed by atoms with van der Waals surface area (Å²) in [4.78, 5) is 24.9. The molecule has 0 unspecified atom stereocenters. The number of nitrogens with one attached hydrogen (secondary N) is 3. The average Bonchev–Trinajstić information content (AvgIpc) is 3.62. The van der Waals surface area contributed by atoms with E-state index >= 15 is 0 Å². The largest absolute Gasteiger partial charge is 0.353 e. The van der Waals surface area contributed by atoms with Crippen LogP contribution in [0.4, 0.5) is 5.69 Å². The van der Waals surface area contributed by atoms with Crippen LogP contribution >= 0.6 is 11.3 Å². The van der Waals surface area contributed by atoms with Gasteiger partial charge in [-0.25, -0.2) is 4.98 Å². The van der Waals surface area contributed by atoms with Crippen molar-refractivity contribution >= 4 is 44.9 Å². The average molecular weight is 493 g/mol. The summed E-state index contributed by atoms with van der Waals surface area (Å²) < 4.78 is 0. The van der Waals surface area contributed by atoms with Gasteiger partial charge in [0, 0.05) is 45.2 Å². The standard InChI is InChI=1S/C28H24N6OS/c1-28(2,3)27(35)31-19-9-17(12-29-14-19)18-10-22-25(33-34-26(22)30-13-18)24-11-21-20(16-7-8-36-15-16)5-4-6-23(21)32-24/h4-15,32H,1-3H3,(H,31,35)(H,30,33,34). The van der Waals surface area contributed by atoms with Gasteiger partial charge in [-0.3, -0.25) is 14.9 Å². The Balaban J connectivity index is 1.40. The summed E-state index contributed by atoms with van der Waals surface area (Å²) in [5.74, 6) is -0.0622. The van der Waals surface area contributed by atoms with Crippen molar-refractivity contribution in [1.82, 2.24) is 25.1 Å². The molecule has 0 bridgehead atoms. The lowest BCUT2D eigenvalue weighted by Gasteiger charge is -2.17. The number of pyridine rings is 2. The van der Waals surface area contributed by atoms with Crippen LogP contribution in [-0.4, -0.2) is 31.1 Å². The van der Waals surface area contributed by atoms with E-state index in [1.165, 1.54) is 11.1 Å². The number of hydrogen-bond acceptors (Lipinski definition) is 5. The van der Waals surface area contributed by atoms with Gasteiger partial charge in [-0.2, -0.15) is 16.4 Å². The van der Waals surface area contributed by atoms with Crippen molar-refractivity contribution in [3.8, 4) is 33.6 Å². The third-order valence-corrected chi connectivity index (χ3v) is 6.86. The number of rotatable bonds is 4. The van der Waals surface area contributed by atoms with Gasteiger partial charge in [-0.05, 0) is 52.2 Å². The highest BCUT2D eigenvalue weighted by atomic mass is 32.1. The van der Waals surface area contributed by atoms with Gasteiger partial charge in [-0.1, -0.05) is 32.9 Å². The fourth-order valence-corrected chi connectivity index (χ4v) is 4.86. The van der Waals surface area contributed by atoms with Gasteiger partial charge >= 0.3 is 0 Å². The van der Waals surface area contributed by atoms with E-state index in [0.29, 0.717) is 11.3 Å². The van der Waals surface area contributed by atoms with Gasteiger partial charge in [0.05, 0.1) is 17.6 Å². The van der Waals surface area contributed by atoms with Crippen molar-refractivity contribution in [1.29, 1.82) is 0 Å². The number of hydrogen-bond donors (Lipinski definition) is 3. The highest BCUT2D eigenvalue weighted by Crippen LogP contribution is 2.35. The Morgan fingerprint density at radius 2 is 1.83 bits per heavy atom. The number of carbonyl (C=O) groups is 1. The number of carbonyl (C=O) groups excluding carboxylic acids is 1. The van der Waals surface area contributed by atoms with E-state index in [1.807, 2.05) is 26.8 Å². The molecule has 5 aromatic heterocycles. The number of amides is 1. The van der Waals surface area contributed by atoms with Crippen LogP contribution in [0.15, 0.2) is 71.8 Å². The van der Waals surface area contributed by atoms with Crippen LogP contribution in [-0.2, 0) is 4.79 Å². The topological polar surface area (TPSA) is 99.3 Å². The van der Waals surface area contributed by atoms with Gasteiger partial charge < -0.3 is 10.3 Å². The maximum atomic E-state index is 12.4. The van der Waals surface area contributed by atoms with Gasteiger partial charge in [0.2, 0.25) is 5.91 Å². The number of aromatic amines is 2. The molecule has 0 aliphatic carbocycles. The lowest BCUT2D eigenvalue weighted by atomic mass is 9.95. The number of benzene rings is 1. The van der Waals surface area contributed by atoms with E-state index in [-0.39, 0.29) is 5.91 Å². The maximum Gasteiger partial charge on any atom is 0.229 e. The SMILES string of the molecule is CC(C)(C)C(=O)Nc1cncc(-c2cnc3[nH]nc(-c4cc5c(-c6ccsc6)cccc5[nH]4)c3c2)c1. The summed E-state index contributed by atoms with van der Waals surface area (Å²) in [5.41, 5.74) is 7.78. The Morgan fingerprint density at radius 3 is 2.64 bits per heavy atom. The van der Waals surface area contributed by atoms with E-state index in [2.05, 4.69) is 77.6 Å². The summed E-state index contributed by atoms with van der Waals surface area (Å²) in [6.07, 6.45) is 5.21. The molecule has 8 heteroatoms.